The van der Waals surface area contributed by atoms with E-state index in [0.29, 0.717) is 42.8 Å². The monoisotopic (exact) mass is 501 g/mol. The van der Waals surface area contributed by atoms with Gasteiger partial charge in [0.15, 0.2) is 5.82 Å². The average molecular weight is 502 g/mol. The zero-order valence-corrected chi connectivity index (χ0v) is 21.5. The van der Waals surface area contributed by atoms with Gasteiger partial charge >= 0.3 is 6.09 Å². The van der Waals surface area contributed by atoms with Crippen molar-refractivity contribution < 1.29 is 23.5 Å². The summed E-state index contributed by atoms with van der Waals surface area (Å²) in [6.07, 6.45) is 0.111. The van der Waals surface area contributed by atoms with Crippen LogP contribution in [0.4, 0.5) is 4.79 Å². The number of ether oxygens (including phenoxy) is 3. The number of amides is 1. The van der Waals surface area contributed by atoms with E-state index in [2.05, 4.69) is 10.1 Å². The third-order valence-electron chi connectivity index (χ3n) is 6.03. The highest BCUT2D eigenvalue weighted by molar-refractivity contribution is 5.71. The predicted octanol–water partition coefficient (Wildman–Crippen LogP) is 6.26. The van der Waals surface area contributed by atoms with Crippen molar-refractivity contribution in [2.45, 2.75) is 33.2 Å². The van der Waals surface area contributed by atoms with Crippen LogP contribution < -0.4 is 14.2 Å². The van der Waals surface area contributed by atoms with Gasteiger partial charge < -0.3 is 23.6 Å². The second-order valence-electron chi connectivity index (χ2n) is 8.55. The highest BCUT2D eigenvalue weighted by Gasteiger charge is 2.22. The van der Waals surface area contributed by atoms with Crippen molar-refractivity contribution in [2.75, 3.05) is 20.3 Å². The third kappa shape index (κ3) is 6.67. The van der Waals surface area contributed by atoms with E-state index in [0.717, 1.165) is 16.9 Å². The first kappa shape index (κ1) is 25.8. The fourth-order valence-electron chi connectivity index (χ4n) is 3.82. The molecule has 4 aromatic rings. The first-order valence-corrected chi connectivity index (χ1v) is 12.2. The molecule has 1 atom stereocenters. The Kier molecular flexibility index (Phi) is 8.40. The highest BCUT2D eigenvalue weighted by atomic mass is 16.6. The fraction of sp³-hybridized carbons (Fsp3) is 0.276. The van der Waals surface area contributed by atoms with Crippen LogP contribution in [-0.4, -0.2) is 41.4 Å². The molecule has 0 aliphatic carbocycles. The summed E-state index contributed by atoms with van der Waals surface area (Å²) in [5.74, 6) is 2.98. The standard InChI is InChI=1S/C29H31N3O5/c1-5-32(29(33)36-26-16-14-24(34-4)15-17-26)21(3)22-10-12-25(13-11-22)35-19-18-27-30-28(37-31-27)23-8-6-20(2)7-9-23/h6-17,21H,5,18-19H2,1-4H3. The van der Waals surface area contributed by atoms with Crippen LogP contribution in [0.5, 0.6) is 17.2 Å². The summed E-state index contributed by atoms with van der Waals surface area (Å²) in [4.78, 5) is 18.9. The zero-order valence-electron chi connectivity index (χ0n) is 21.5. The van der Waals surface area contributed by atoms with Crippen molar-refractivity contribution in [1.29, 1.82) is 0 Å². The number of hydrogen-bond acceptors (Lipinski definition) is 7. The van der Waals surface area contributed by atoms with Crippen LogP contribution in [0.1, 0.15) is 36.8 Å². The summed E-state index contributed by atoms with van der Waals surface area (Å²) in [7, 11) is 1.59. The van der Waals surface area contributed by atoms with Crippen LogP contribution in [0.25, 0.3) is 11.5 Å². The Morgan fingerprint density at radius 1 is 0.946 bits per heavy atom. The number of carbonyl (C=O) groups excluding carboxylic acids is 1. The van der Waals surface area contributed by atoms with Crippen LogP contribution in [0.3, 0.4) is 0 Å². The van der Waals surface area contributed by atoms with E-state index < -0.39 is 6.09 Å². The third-order valence-corrected chi connectivity index (χ3v) is 6.03. The molecule has 1 amide bonds. The topological polar surface area (TPSA) is 86.9 Å². The Morgan fingerprint density at radius 3 is 2.24 bits per heavy atom. The van der Waals surface area contributed by atoms with E-state index in [4.69, 9.17) is 18.7 Å². The summed E-state index contributed by atoms with van der Waals surface area (Å²) >= 11 is 0. The molecule has 0 N–H and O–H groups in total. The number of nitrogens with zero attached hydrogens (tertiary/aromatic N) is 3. The summed E-state index contributed by atoms with van der Waals surface area (Å²) in [6, 6.07) is 22.4. The van der Waals surface area contributed by atoms with Crippen molar-refractivity contribution in [1.82, 2.24) is 15.0 Å². The van der Waals surface area contributed by atoms with E-state index in [1.807, 2.05) is 69.3 Å². The molecular formula is C29H31N3O5. The molecule has 1 unspecified atom stereocenters. The van der Waals surface area contributed by atoms with Gasteiger partial charge in [0.1, 0.15) is 17.2 Å². The summed E-state index contributed by atoms with van der Waals surface area (Å²) in [5.41, 5.74) is 3.04. The maximum absolute atomic E-state index is 12.8. The summed E-state index contributed by atoms with van der Waals surface area (Å²) < 4.78 is 21.9. The number of rotatable bonds is 10. The van der Waals surface area contributed by atoms with Crippen LogP contribution in [-0.2, 0) is 6.42 Å². The van der Waals surface area contributed by atoms with E-state index in [1.54, 1.807) is 36.3 Å². The zero-order chi connectivity index (χ0) is 26.2. The first-order chi connectivity index (χ1) is 18.0. The molecule has 1 heterocycles. The van der Waals surface area contributed by atoms with Gasteiger partial charge in [-0.3, -0.25) is 0 Å². The molecule has 0 fully saturated rings. The number of benzene rings is 3. The van der Waals surface area contributed by atoms with Gasteiger partial charge in [0.2, 0.25) is 0 Å². The normalized spacial score (nSPS) is 11.6. The number of aryl methyl sites for hydroxylation is 1. The van der Waals surface area contributed by atoms with E-state index in [1.165, 1.54) is 5.56 Å². The van der Waals surface area contributed by atoms with Gasteiger partial charge in [0.25, 0.3) is 5.89 Å². The second-order valence-corrected chi connectivity index (χ2v) is 8.55. The van der Waals surface area contributed by atoms with E-state index in [-0.39, 0.29) is 6.04 Å². The largest absolute Gasteiger partial charge is 0.497 e. The van der Waals surface area contributed by atoms with Crippen molar-refractivity contribution in [3.63, 3.8) is 0 Å². The molecular weight excluding hydrogens is 470 g/mol. The van der Waals surface area contributed by atoms with Crippen molar-refractivity contribution in [2.24, 2.45) is 0 Å². The molecule has 3 aromatic carbocycles. The Morgan fingerprint density at radius 2 is 1.59 bits per heavy atom. The SMILES string of the molecule is CCN(C(=O)Oc1ccc(OC)cc1)C(C)c1ccc(OCCc2noc(-c3ccc(C)cc3)n2)cc1. The van der Waals surface area contributed by atoms with Gasteiger partial charge in [-0.05, 0) is 74.9 Å². The van der Waals surface area contributed by atoms with Crippen molar-refractivity contribution in [3.8, 4) is 28.7 Å². The molecule has 0 aliphatic rings. The molecule has 1 aromatic heterocycles. The molecule has 0 saturated carbocycles. The van der Waals surface area contributed by atoms with Crippen molar-refractivity contribution >= 4 is 6.09 Å². The molecule has 8 nitrogen and oxygen atoms in total. The van der Waals surface area contributed by atoms with E-state index >= 15 is 0 Å². The molecule has 4 rings (SSSR count). The number of aromatic nitrogens is 2. The molecule has 8 heteroatoms. The number of carbonyl (C=O) groups is 1. The van der Waals surface area contributed by atoms with E-state index in [9.17, 15) is 4.79 Å². The number of hydrogen-bond donors (Lipinski definition) is 0. The average Bonchev–Trinajstić information content (AvgIpc) is 3.39. The van der Waals surface area contributed by atoms with Gasteiger partial charge in [0.05, 0.1) is 19.8 Å². The summed E-state index contributed by atoms with van der Waals surface area (Å²) in [6.45, 7) is 6.84. The first-order valence-electron chi connectivity index (χ1n) is 12.2. The van der Waals surface area contributed by atoms with Crippen molar-refractivity contribution in [3.05, 3.63) is 89.7 Å². The quantitative estimate of drug-likeness (QED) is 0.254. The molecule has 0 saturated heterocycles. The minimum Gasteiger partial charge on any atom is -0.497 e. The van der Waals surface area contributed by atoms with Gasteiger partial charge in [-0.15, -0.1) is 0 Å². The van der Waals surface area contributed by atoms with Gasteiger partial charge in [-0.2, -0.15) is 4.98 Å². The maximum atomic E-state index is 12.8. The molecule has 0 aliphatic heterocycles. The van der Waals surface area contributed by atoms with Crippen LogP contribution >= 0.6 is 0 Å². The van der Waals surface area contributed by atoms with Gasteiger partial charge in [-0.1, -0.05) is 35.0 Å². The Labute approximate surface area is 216 Å². The Balaban J connectivity index is 1.29. The molecule has 37 heavy (non-hydrogen) atoms. The maximum Gasteiger partial charge on any atom is 0.415 e. The minimum absolute atomic E-state index is 0.177. The highest BCUT2D eigenvalue weighted by Crippen LogP contribution is 2.25. The van der Waals surface area contributed by atoms with Crippen LogP contribution in [0, 0.1) is 6.92 Å². The summed E-state index contributed by atoms with van der Waals surface area (Å²) in [5, 5.41) is 4.05. The Bertz CT molecular complexity index is 1280. The lowest BCUT2D eigenvalue weighted by molar-refractivity contribution is 0.138. The second kappa shape index (κ2) is 12.1. The molecule has 0 bridgehead atoms. The molecule has 0 radical (unpaired) electrons. The number of methoxy groups -OCH3 is 1. The fourth-order valence-corrected chi connectivity index (χ4v) is 3.82. The molecule has 0 spiro atoms. The van der Waals surface area contributed by atoms with Crippen LogP contribution in [0.2, 0.25) is 0 Å². The molecule has 192 valence electrons. The van der Waals surface area contributed by atoms with Crippen LogP contribution in [0.15, 0.2) is 77.3 Å². The lowest BCUT2D eigenvalue weighted by atomic mass is 10.1. The smallest absolute Gasteiger partial charge is 0.415 e. The van der Waals surface area contributed by atoms with Gasteiger partial charge in [0, 0.05) is 18.5 Å². The van der Waals surface area contributed by atoms with Gasteiger partial charge in [-0.25, -0.2) is 4.79 Å². The lowest BCUT2D eigenvalue weighted by Crippen LogP contribution is -2.35. The minimum atomic E-state index is -0.411. The predicted molar refractivity (Wildman–Crippen MR) is 140 cm³/mol. The lowest BCUT2D eigenvalue weighted by Gasteiger charge is -2.27. The Hall–Kier alpha value is -4.33.